The molecule has 27 heavy (non-hydrogen) atoms. The van der Waals surface area contributed by atoms with E-state index in [4.69, 9.17) is 0 Å². The van der Waals surface area contributed by atoms with Crippen molar-refractivity contribution < 1.29 is 9.90 Å². The molecule has 4 heterocycles. The molecule has 3 fully saturated rings. The quantitative estimate of drug-likeness (QED) is 0.841. The highest BCUT2D eigenvalue weighted by Gasteiger charge is 2.43. The maximum Gasteiger partial charge on any atom is 0.224 e. The smallest absolute Gasteiger partial charge is 0.224 e. The van der Waals surface area contributed by atoms with Crippen molar-refractivity contribution in [2.45, 2.75) is 45.3 Å². The van der Waals surface area contributed by atoms with Gasteiger partial charge in [-0.2, -0.15) is 0 Å². The number of carbonyl (C=O) groups is 1. The second-order valence-electron chi connectivity index (χ2n) is 8.08. The summed E-state index contributed by atoms with van der Waals surface area (Å²) in [7, 11) is 0. The topological polar surface area (TPSA) is 83.3 Å². The fourth-order valence-electron chi connectivity index (χ4n) is 4.42. The van der Waals surface area contributed by atoms with E-state index in [9.17, 15) is 9.90 Å². The third-order valence-corrected chi connectivity index (χ3v) is 5.72. The molecule has 1 unspecified atom stereocenters. The Hall–Kier alpha value is -2.41. The number of phenolic OH excluding ortho intramolecular Hbond substituents is 1. The maximum absolute atomic E-state index is 12.5. The third-order valence-electron chi connectivity index (χ3n) is 5.72. The fraction of sp³-hybridized carbons (Fsp3) is 0.550. The molecule has 0 spiro atoms. The molecule has 3 aliphatic rings. The zero-order valence-corrected chi connectivity index (χ0v) is 15.9. The lowest BCUT2D eigenvalue weighted by molar-refractivity contribution is -0.133. The molecule has 0 aliphatic carbocycles. The zero-order chi connectivity index (χ0) is 19.0. The van der Waals surface area contributed by atoms with Crippen LogP contribution in [0.15, 0.2) is 30.5 Å². The Kier molecular flexibility index (Phi) is 4.86. The molecule has 3 saturated heterocycles. The van der Waals surface area contributed by atoms with Crippen molar-refractivity contribution in [1.29, 1.82) is 0 Å². The number of hydrogen-bond donors (Lipinski definition) is 2. The van der Waals surface area contributed by atoms with Gasteiger partial charge in [0.05, 0.1) is 18.7 Å². The number of benzene rings is 1. The number of fused-ring (bicyclic) bond motifs is 3. The number of carbonyl (C=O) groups excluding carboxylic acids is 1. The van der Waals surface area contributed by atoms with Crippen molar-refractivity contribution in [2.75, 3.05) is 13.1 Å². The molecule has 3 aliphatic heterocycles. The number of nitrogens with one attached hydrogen (secondary N) is 1. The molecule has 1 amide bonds. The van der Waals surface area contributed by atoms with E-state index < -0.39 is 0 Å². The van der Waals surface area contributed by atoms with E-state index in [1.54, 1.807) is 18.2 Å². The summed E-state index contributed by atoms with van der Waals surface area (Å²) in [4.78, 5) is 14.9. The summed E-state index contributed by atoms with van der Waals surface area (Å²) in [5.74, 6) is 0.984. The van der Waals surface area contributed by atoms with Gasteiger partial charge in [0.15, 0.2) is 0 Å². The van der Waals surface area contributed by atoms with Gasteiger partial charge in [0.25, 0.3) is 0 Å². The molecule has 7 nitrogen and oxygen atoms in total. The van der Waals surface area contributed by atoms with Crippen LogP contribution >= 0.6 is 0 Å². The second-order valence-corrected chi connectivity index (χ2v) is 8.08. The average molecular weight is 369 g/mol. The lowest BCUT2D eigenvalue weighted by Crippen LogP contribution is -2.58. The van der Waals surface area contributed by atoms with Crippen molar-refractivity contribution in [3.05, 3.63) is 30.5 Å². The summed E-state index contributed by atoms with van der Waals surface area (Å²) in [6, 6.07) is 7.64. The number of aromatic hydroxyl groups is 1. The Morgan fingerprint density at radius 1 is 1.41 bits per heavy atom. The summed E-state index contributed by atoms with van der Waals surface area (Å²) in [5.41, 5.74) is 1.62. The van der Waals surface area contributed by atoms with Gasteiger partial charge in [-0.1, -0.05) is 17.3 Å². The van der Waals surface area contributed by atoms with Crippen LogP contribution in [0.3, 0.4) is 0 Å². The molecule has 2 aromatic rings. The minimum atomic E-state index is 0.107. The molecule has 0 saturated carbocycles. The lowest BCUT2D eigenvalue weighted by atomic mass is 9.75. The van der Waals surface area contributed by atoms with Gasteiger partial charge in [-0.3, -0.25) is 14.4 Å². The van der Waals surface area contributed by atoms with Gasteiger partial charge in [-0.15, -0.1) is 5.10 Å². The van der Waals surface area contributed by atoms with Crippen molar-refractivity contribution >= 4 is 5.91 Å². The number of amides is 1. The van der Waals surface area contributed by atoms with E-state index in [1.165, 1.54) is 0 Å². The Labute approximate surface area is 159 Å². The highest BCUT2D eigenvalue weighted by atomic mass is 16.3. The first-order chi connectivity index (χ1) is 13.0. The van der Waals surface area contributed by atoms with Gasteiger partial charge < -0.3 is 10.4 Å². The van der Waals surface area contributed by atoms with Crippen LogP contribution in [0.4, 0.5) is 0 Å². The van der Waals surface area contributed by atoms with Crippen molar-refractivity contribution in [3.63, 3.8) is 0 Å². The van der Waals surface area contributed by atoms with Gasteiger partial charge in [0, 0.05) is 24.2 Å². The predicted octanol–water partition coefficient (Wildman–Crippen LogP) is 1.89. The van der Waals surface area contributed by atoms with Crippen LogP contribution in [-0.4, -0.2) is 56.1 Å². The van der Waals surface area contributed by atoms with Gasteiger partial charge in [0.2, 0.25) is 5.91 Å². The van der Waals surface area contributed by atoms with Crippen LogP contribution in [-0.2, 0) is 11.3 Å². The first-order valence-electron chi connectivity index (χ1n) is 9.73. The van der Waals surface area contributed by atoms with Crippen LogP contribution in [0, 0.1) is 11.8 Å². The SMILES string of the molecule is CC(C)NC(=O)[C@@H]1CN2CC[C@@H]1C[C@@H]2Cn1cc(-c2cccc(O)c2)nn1. The summed E-state index contributed by atoms with van der Waals surface area (Å²) in [5, 5.41) is 21.2. The van der Waals surface area contributed by atoms with E-state index in [-0.39, 0.29) is 23.6 Å². The molecule has 144 valence electrons. The van der Waals surface area contributed by atoms with E-state index in [0.717, 1.165) is 43.7 Å². The minimum absolute atomic E-state index is 0.107. The molecule has 0 radical (unpaired) electrons. The number of piperidine rings is 3. The van der Waals surface area contributed by atoms with Crippen LogP contribution in [0.5, 0.6) is 5.75 Å². The highest BCUT2D eigenvalue weighted by Crippen LogP contribution is 2.37. The Morgan fingerprint density at radius 2 is 2.26 bits per heavy atom. The summed E-state index contributed by atoms with van der Waals surface area (Å²) in [6.07, 6.45) is 4.05. The lowest BCUT2D eigenvalue weighted by Gasteiger charge is -2.49. The molecule has 1 aromatic heterocycles. The van der Waals surface area contributed by atoms with Crippen LogP contribution in [0.25, 0.3) is 11.3 Å². The van der Waals surface area contributed by atoms with Crippen molar-refractivity contribution in [3.8, 4) is 17.0 Å². The Balaban J connectivity index is 1.41. The van der Waals surface area contributed by atoms with Gasteiger partial charge in [0.1, 0.15) is 11.4 Å². The summed E-state index contributed by atoms with van der Waals surface area (Å²) < 4.78 is 1.88. The second kappa shape index (κ2) is 7.31. The monoisotopic (exact) mass is 369 g/mol. The van der Waals surface area contributed by atoms with Gasteiger partial charge in [-0.25, -0.2) is 0 Å². The van der Waals surface area contributed by atoms with E-state index >= 15 is 0 Å². The molecule has 5 rings (SSSR count). The number of rotatable bonds is 5. The molecular formula is C20H27N5O2. The number of phenols is 1. The molecule has 4 atom stereocenters. The molecule has 1 aromatic carbocycles. The predicted molar refractivity (Wildman–Crippen MR) is 102 cm³/mol. The maximum atomic E-state index is 12.5. The van der Waals surface area contributed by atoms with Gasteiger partial charge >= 0.3 is 0 Å². The normalized spacial score (nSPS) is 27.1. The average Bonchev–Trinajstić information content (AvgIpc) is 3.10. The summed E-state index contributed by atoms with van der Waals surface area (Å²) in [6.45, 7) is 6.69. The minimum Gasteiger partial charge on any atom is -0.508 e. The molecule has 2 N–H and O–H groups in total. The van der Waals surface area contributed by atoms with E-state index in [0.29, 0.717) is 12.0 Å². The number of nitrogens with zero attached hydrogens (tertiary/aromatic N) is 4. The van der Waals surface area contributed by atoms with E-state index in [1.807, 2.05) is 30.8 Å². The standard InChI is InChI=1S/C20H27N5O2/c1-13(2)21-20(27)18-11-24-7-6-14(18)8-16(24)10-25-12-19(22-23-25)15-4-3-5-17(26)9-15/h3-5,9,12-14,16,18,26H,6-8,10-11H2,1-2H3,(H,21,27)/t14-,16-,18-/m1/s1. The number of aromatic nitrogens is 3. The highest BCUT2D eigenvalue weighted by molar-refractivity contribution is 5.79. The molecule has 2 bridgehead atoms. The zero-order valence-electron chi connectivity index (χ0n) is 15.9. The van der Waals surface area contributed by atoms with Crippen LogP contribution in [0.2, 0.25) is 0 Å². The van der Waals surface area contributed by atoms with Gasteiger partial charge in [-0.05, 0) is 51.3 Å². The van der Waals surface area contributed by atoms with E-state index in [2.05, 4.69) is 20.5 Å². The molecular weight excluding hydrogens is 342 g/mol. The Morgan fingerprint density at radius 3 is 2.96 bits per heavy atom. The number of hydrogen-bond acceptors (Lipinski definition) is 5. The molecule has 7 heteroatoms. The largest absolute Gasteiger partial charge is 0.508 e. The third kappa shape index (κ3) is 3.83. The Bertz CT molecular complexity index is 818. The van der Waals surface area contributed by atoms with Crippen LogP contribution in [0.1, 0.15) is 26.7 Å². The van der Waals surface area contributed by atoms with Crippen molar-refractivity contribution in [2.24, 2.45) is 11.8 Å². The fourth-order valence-corrected chi connectivity index (χ4v) is 4.42. The van der Waals surface area contributed by atoms with Crippen LogP contribution < -0.4 is 5.32 Å². The first kappa shape index (κ1) is 18.0. The first-order valence-corrected chi connectivity index (χ1v) is 9.73. The van der Waals surface area contributed by atoms with Crippen molar-refractivity contribution in [1.82, 2.24) is 25.2 Å². The summed E-state index contributed by atoms with van der Waals surface area (Å²) >= 11 is 0.